The topological polar surface area (TPSA) is 17.1 Å². The molecule has 0 aromatic heterocycles. The molecule has 0 aliphatic heterocycles. The minimum Gasteiger partial charge on any atom is -0.300 e. The lowest BCUT2D eigenvalue weighted by Gasteiger charge is -2.25. The van der Waals surface area contributed by atoms with Crippen molar-refractivity contribution >= 4 is 5.78 Å². The maximum atomic E-state index is 11.3. The van der Waals surface area contributed by atoms with Crippen molar-refractivity contribution in [3.8, 4) is 0 Å². The molecule has 0 heterocycles. The van der Waals surface area contributed by atoms with Crippen LogP contribution >= 0.6 is 0 Å². The predicted octanol–water partition coefficient (Wildman–Crippen LogP) is 2.71. The summed E-state index contributed by atoms with van der Waals surface area (Å²) in [5.41, 5.74) is 0.348. The molecule has 2 rings (SSSR count). The standard InChI is InChI=1S/C11H16O/c1-11-6-4-9(8-11)2-3-10(12)5-7-11/h4,6,9H,2-3,5,7-8H2,1H3. The van der Waals surface area contributed by atoms with E-state index >= 15 is 0 Å². The number of carbonyl (C=O) groups excluding carboxylic acids is 1. The molecule has 0 amide bonds. The van der Waals surface area contributed by atoms with Gasteiger partial charge in [0.1, 0.15) is 5.78 Å². The molecule has 0 saturated heterocycles. The van der Waals surface area contributed by atoms with Crippen LogP contribution in [-0.2, 0) is 4.79 Å². The summed E-state index contributed by atoms with van der Waals surface area (Å²) in [4.78, 5) is 11.3. The molecule has 2 aliphatic rings. The molecular weight excluding hydrogens is 148 g/mol. The van der Waals surface area contributed by atoms with Crippen LogP contribution in [0.5, 0.6) is 0 Å². The Hall–Kier alpha value is -0.590. The Labute approximate surface area is 73.8 Å². The van der Waals surface area contributed by atoms with Gasteiger partial charge >= 0.3 is 0 Å². The van der Waals surface area contributed by atoms with E-state index in [4.69, 9.17) is 0 Å². The number of allylic oxidation sites excluding steroid dienone is 2. The van der Waals surface area contributed by atoms with E-state index in [9.17, 15) is 4.79 Å². The SMILES string of the molecule is CC12C=CC(CCC(=O)CC1)C2. The van der Waals surface area contributed by atoms with E-state index in [1.54, 1.807) is 0 Å². The van der Waals surface area contributed by atoms with Crippen molar-refractivity contribution in [2.75, 3.05) is 0 Å². The number of hydrogen-bond donors (Lipinski definition) is 0. The van der Waals surface area contributed by atoms with Crippen LogP contribution in [0.1, 0.15) is 39.0 Å². The van der Waals surface area contributed by atoms with Gasteiger partial charge in [0.15, 0.2) is 0 Å². The Kier molecular flexibility index (Phi) is 1.82. The molecule has 1 heteroatoms. The van der Waals surface area contributed by atoms with E-state index < -0.39 is 0 Å². The third-order valence-corrected chi connectivity index (χ3v) is 3.27. The second kappa shape index (κ2) is 2.72. The number of hydrogen-bond acceptors (Lipinski definition) is 1. The van der Waals surface area contributed by atoms with Gasteiger partial charge in [0.05, 0.1) is 0 Å². The quantitative estimate of drug-likeness (QED) is 0.503. The summed E-state index contributed by atoms with van der Waals surface area (Å²) >= 11 is 0. The molecule has 12 heavy (non-hydrogen) atoms. The van der Waals surface area contributed by atoms with Gasteiger partial charge in [-0.15, -0.1) is 0 Å². The molecule has 2 aliphatic carbocycles. The highest BCUT2D eigenvalue weighted by Crippen LogP contribution is 2.42. The van der Waals surface area contributed by atoms with Crippen molar-refractivity contribution in [3.05, 3.63) is 12.2 Å². The highest BCUT2D eigenvalue weighted by Gasteiger charge is 2.32. The summed E-state index contributed by atoms with van der Waals surface area (Å²) < 4.78 is 0. The van der Waals surface area contributed by atoms with Crippen molar-refractivity contribution in [3.63, 3.8) is 0 Å². The molecule has 2 atom stereocenters. The molecule has 2 bridgehead atoms. The maximum absolute atomic E-state index is 11.3. The van der Waals surface area contributed by atoms with Crippen LogP contribution in [0.4, 0.5) is 0 Å². The molecule has 1 saturated carbocycles. The first-order valence-corrected chi connectivity index (χ1v) is 4.89. The third kappa shape index (κ3) is 1.45. The van der Waals surface area contributed by atoms with Gasteiger partial charge in [0.2, 0.25) is 0 Å². The average molecular weight is 164 g/mol. The number of rotatable bonds is 0. The zero-order valence-electron chi connectivity index (χ0n) is 7.68. The number of Topliss-reactive ketones (excluding diaryl/α,β-unsaturated/α-hetero) is 1. The smallest absolute Gasteiger partial charge is 0.132 e. The third-order valence-electron chi connectivity index (χ3n) is 3.27. The lowest BCUT2D eigenvalue weighted by molar-refractivity contribution is -0.120. The summed E-state index contributed by atoms with van der Waals surface area (Å²) in [5.74, 6) is 1.16. The molecule has 66 valence electrons. The number of fused-ring (bicyclic) bond motifs is 2. The first-order chi connectivity index (χ1) is 5.68. The summed E-state index contributed by atoms with van der Waals surface area (Å²) in [6.45, 7) is 2.28. The fourth-order valence-corrected chi connectivity index (χ4v) is 2.38. The van der Waals surface area contributed by atoms with E-state index in [1.807, 2.05) is 0 Å². The van der Waals surface area contributed by atoms with Gasteiger partial charge in [-0.25, -0.2) is 0 Å². The van der Waals surface area contributed by atoms with Gasteiger partial charge in [-0.3, -0.25) is 4.79 Å². The molecule has 0 radical (unpaired) electrons. The lowest BCUT2D eigenvalue weighted by Crippen LogP contribution is -2.17. The highest BCUT2D eigenvalue weighted by atomic mass is 16.1. The van der Waals surface area contributed by atoms with E-state index in [2.05, 4.69) is 19.1 Å². The van der Waals surface area contributed by atoms with Crippen LogP contribution in [0.25, 0.3) is 0 Å². The fraction of sp³-hybridized carbons (Fsp3) is 0.727. The predicted molar refractivity (Wildman–Crippen MR) is 48.8 cm³/mol. The van der Waals surface area contributed by atoms with Crippen LogP contribution in [0.3, 0.4) is 0 Å². The number of carbonyl (C=O) groups is 1. The van der Waals surface area contributed by atoms with Crippen molar-refractivity contribution in [1.82, 2.24) is 0 Å². The van der Waals surface area contributed by atoms with Crippen molar-refractivity contribution < 1.29 is 4.79 Å². The maximum Gasteiger partial charge on any atom is 0.132 e. The van der Waals surface area contributed by atoms with Crippen LogP contribution < -0.4 is 0 Å². The molecule has 0 aromatic carbocycles. The Bertz CT molecular complexity index is 229. The zero-order chi connectivity index (χ0) is 8.60. The normalized spacial score (nSPS) is 41.1. The van der Waals surface area contributed by atoms with Crippen molar-refractivity contribution in [1.29, 1.82) is 0 Å². The van der Waals surface area contributed by atoms with Gasteiger partial charge in [-0.2, -0.15) is 0 Å². The second-order valence-corrected chi connectivity index (χ2v) is 4.55. The second-order valence-electron chi connectivity index (χ2n) is 4.55. The van der Waals surface area contributed by atoms with Crippen molar-refractivity contribution in [2.45, 2.75) is 39.0 Å². The van der Waals surface area contributed by atoms with E-state index in [-0.39, 0.29) is 0 Å². The summed E-state index contributed by atoms with van der Waals surface area (Å²) in [5, 5.41) is 0. The Morgan fingerprint density at radius 1 is 1.50 bits per heavy atom. The fourth-order valence-electron chi connectivity index (χ4n) is 2.38. The van der Waals surface area contributed by atoms with E-state index in [0.29, 0.717) is 17.1 Å². The molecule has 2 unspecified atom stereocenters. The molecule has 1 nitrogen and oxygen atoms in total. The Balaban J connectivity index is 2.12. The first-order valence-electron chi connectivity index (χ1n) is 4.89. The van der Waals surface area contributed by atoms with Crippen LogP contribution in [0.2, 0.25) is 0 Å². The van der Waals surface area contributed by atoms with Gasteiger partial charge in [-0.1, -0.05) is 19.1 Å². The molecule has 0 aromatic rings. The largest absolute Gasteiger partial charge is 0.300 e. The summed E-state index contributed by atoms with van der Waals surface area (Å²) in [6.07, 6.45) is 9.69. The number of ketones is 1. The molecule has 1 fully saturated rings. The van der Waals surface area contributed by atoms with Gasteiger partial charge in [0.25, 0.3) is 0 Å². The average Bonchev–Trinajstić information content (AvgIpc) is 2.41. The van der Waals surface area contributed by atoms with Gasteiger partial charge in [-0.05, 0) is 30.6 Å². The monoisotopic (exact) mass is 164 g/mol. The minimum atomic E-state index is 0.348. The van der Waals surface area contributed by atoms with Crippen molar-refractivity contribution in [2.24, 2.45) is 11.3 Å². The van der Waals surface area contributed by atoms with Gasteiger partial charge < -0.3 is 0 Å². The van der Waals surface area contributed by atoms with Crippen LogP contribution in [0, 0.1) is 11.3 Å². The zero-order valence-corrected chi connectivity index (χ0v) is 7.68. The summed E-state index contributed by atoms with van der Waals surface area (Å²) in [6, 6.07) is 0. The summed E-state index contributed by atoms with van der Waals surface area (Å²) in [7, 11) is 0. The molecular formula is C11H16O. The highest BCUT2D eigenvalue weighted by molar-refractivity contribution is 5.78. The van der Waals surface area contributed by atoms with Crippen LogP contribution in [0.15, 0.2) is 12.2 Å². The van der Waals surface area contributed by atoms with E-state index in [1.165, 1.54) is 6.42 Å². The lowest BCUT2D eigenvalue weighted by atomic mass is 9.79. The molecule has 0 spiro atoms. The Morgan fingerprint density at radius 2 is 2.33 bits per heavy atom. The van der Waals surface area contributed by atoms with Gasteiger partial charge in [0, 0.05) is 12.8 Å². The minimum absolute atomic E-state index is 0.348. The van der Waals surface area contributed by atoms with Crippen LogP contribution in [-0.4, -0.2) is 5.78 Å². The molecule has 0 N–H and O–H groups in total. The van der Waals surface area contributed by atoms with E-state index in [0.717, 1.165) is 25.7 Å². The Morgan fingerprint density at radius 3 is 3.17 bits per heavy atom. The first kappa shape index (κ1) is 8.03.